The monoisotopic (exact) mass is 273 g/mol. The van der Waals surface area contributed by atoms with Crippen LogP contribution >= 0.6 is 11.3 Å². The zero-order valence-corrected chi connectivity index (χ0v) is 10.6. The van der Waals surface area contributed by atoms with E-state index >= 15 is 0 Å². The Bertz CT molecular complexity index is 707. The van der Waals surface area contributed by atoms with E-state index in [0.717, 1.165) is 17.3 Å². The van der Waals surface area contributed by atoms with Crippen LogP contribution in [-0.2, 0) is 0 Å². The van der Waals surface area contributed by atoms with Crippen molar-refractivity contribution in [3.05, 3.63) is 65.5 Å². The predicted octanol–water partition coefficient (Wildman–Crippen LogP) is 4.76. The first-order chi connectivity index (χ1) is 9.24. The largest absolute Gasteiger partial charge is 0.236 e. The fourth-order valence-electron chi connectivity index (χ4n) is 1.80. The predicted molar refractivity (Wildman–Crippen MR) is 72.9 cm³/mol. The van der Waals surface area contributed by atoms with Crippen LogP contribution in [-0.4, -0.2) is 4.98 Å². The van der Waals surface area contributed by atoms with Gasteiger partial charge in [-0.05, 0) is 12.1 Å². The first-order valence-corrected chi connectivity index (χ1v) is 6.58. The third-order valence-electron chi connectivity index (χ3n) is 2.74. The Hall–Kier alpha value is -2.07. The fraction of sp³-hybridized carbons (Fsp3) is 0. The van der Waals surface area contributed by atoms with Gasteiger partial charge in [-0.3, -0.25) is 0 Å². The van der Waals surface area contributed by atoms with Crippen LogP contribution < -0.4 is 0 Å². The van der Waals surface area contributed by atoms with Crippen molar-refractivity contribution in [2.75, 3.05) is 0 Å². The lowest BCUT2D eigenvalue weighted by molar-refractivity contribution is 0.585. The van der Waals surface area contributed by atoms with Crippen LogP contribution in [0.3, 0.4) is 0 Å². The summed E-state index contributed by atoms with van der Waals surface area (Å²) in [5.41, 5.74) is 2.10. The molecule has 0 radical (unpaired) electrons. The van der Waals surface area contributed by atoms with Crippen molar-refractivity contribution >= 4 is 11.3 Å². The summed E-state index contributed by atoms with van der Waals surface area (Å²) in [7, 11) is 0. The van der Waals surface area contributed by atoms with Crippen LogP contribution in [0.1, 0.15) is 0 Å². The van der Waals surface area contributed by atoms with Crippen molar-refractivity contribution < 1.29 is 8.78 Å². The number of nitrogens with zero attached hydrogens (tertiary/aromatic N) is 1. The highest BCUT2D eigenvalue weighted by Crippen LogP contribution is 2.30. The molecular formula is C15H9F2NS. The third kappa shape index (κ3) is 2.39. The number of aromatic nitrogens is 1. The first kappa shape index (κ1) is 12.0. The van der Waals surface area contributed by atoms with Crippen molar-refractivity contribution in [1.29, 1.82) is 0 Å². The molecule has 2 aromatic carbocycles. The number of hydrogen-bond donors (Lipinski definition) is 0. The minimum atomic E-state index is -0.589. The Labute approximate surface area is 113 Å². The summed E-state index contributed by atoms with van der Waals surface area (Å²) in [6.07, 6.45) is 0. The van der Waals surface area contributed by atoms with Gasteiger partial charge >= 0.3 is 0 Å². The lowest BCUT2D eigenvalue weighted by Crippen LogP contribution is -1.86. The van der Waals surface area contributed by atoms with Crippen LogP contribution in [0.4, 0.5) is 8.78 Å². The maximum absolute atomic E-state index is 13.7. The van der Waals surface area contributed by atoms with Gasteiger partial charge in [0, 0.05) is 22.6 Å². The molecule has 94 valence electrons. The first-order valence-electron chi connectivity index (χ1n) is 5.70. The van der Waals surface area contributed by atoms with Gasteiger partial charge in [0.25, 0.3) is 0 Å². The van der Waals surface area contributed by atoms with Gasteiger partial charge in [0.15, 0.2) is 0 Å². The van der Waals surface area contributed by atoms with Gasteiger partial charge in [-0.25, -0.2) is 13.8 Å². The maximum Gasteiger partial charge on any atom is 0.136 e. The summed E-state index contributed by atoms with van der Waals surface area (Å²) in [6, 6.07) is 13.2. The van der Waals surface area contributed by atoms with E-state index < -0.39 is 11.6 Å². The molecule has 1 aromatic heterocycles. The van der Waals surface area contributed by atoms with Gasteiger partial charge in [-0.15, -0.1) is 11.3 Å². The highest BCUT2D eigenvalue weighted by atomic mass is 32.1. The highest BCUT2D eigenvalue weighted by molar-refractivity contribution is 7.13. The molecule has 0 unspecified atom stereocenters. The Morgan fingerprint density at radius 2 is 1.74 bits per heavy atom. The van der Waals surface area contributed by atoms with Crippen LogP contribution in [0.2, 0.25) is 0 Å². The van der Waals surface area contributed by atoms with Crippen molar-refractivity contribution in [1.82, 2.24) is 4.98 Å². The normalized spacial score (nSPS) is 10.6. The molecule has 19 heavy (non-hydrogen) atoms. The summed E-state index contributed by atoms with van der Waals surface area (Å²) in [5.74, 6) is -1.17. The molecular weight excluding hydrogens is 264 g/mol. The van der Waals surface area contributed by atoms with Gasteiger partial charge in [0.05, 0.1) is 5.69 Å². The molecule has 0 spiro atoms. The lowest BCUT2D eigenvalue weighted by Gasteiger charge is -1.99. The van der Waals surface area contributed by atoms with Crippen LogP contribution in [0.5, 0.6) is 0 Å². The molecule has 0 amide bonds. The summed E-state index contributed by atoms with van der Waals surface area (Å²) < 4.78 is 26.6. The molecule has 0 aliphatic heterocycles. The van der Waals surface area contributed by atoms with Crippen molar-refractivity contribution in [2.45, 2.75) is 0 Å². The molecule has 4 heteroatoms. The molecule has 0 saturated carbocycles. The van der Waals surface area contributed by atoms with E-state index in [-0.39, 0.29) is 0 Å². The SMILES string of the molecule is Fc1ccc(-c2nc(-c3ccccc3)cs2)c(F)c1. The molecule has 0 N–H and O–H groups in total. The van der Waals surface area contributed by atoms with Gasteiger partial charge in [0.2, 0.25) is 0 Å². The summed E-state index contributed by atoms with van der Waals surface area (Å²) in [6.45, 7) is 0. The molecule has 0 aliphatic rings. The average Bonchev–Trinajstić information content (AvgIpc) is 2.89. The molecule has 1 nitrogen and oxygen atoms in total. The van der Waals surface area contributed by atoms with Gasteiger partial charge in [-0.1, -0.05) is 30.3 Å². The third-order valence-corrected chi connectivity index (χ3v) is 3.61. The summed E-state index contributed by atoms with van der Waals surface area (Å²) in [4.78, 5) is 4.40. The number of halogens is 2. The van der Waals surface area contributed by atoms with E-state index in [2.05, 4.69) is 4.98 Å². The van der Waals surface area contributed by atoms with E-state index in [0.29, 0.717) is 10.6 Å². The number of thiazole rings is 1. The smallest absolute Gasteiger partial charge is 0.136 e. The molecule has 0 aliphatic carbocycles. The second-order valence-electron chi connectivity index (χ2n) is 4.03. The fourth-order valence-corrected chi connectivity index (χ4v) is 2.66. The van der Waals surface area contributed by atoms with Crippen molar-refractivity contribution in [3.8, 4) is 21.8 Å². The standard InChI is InChI=1S/C15H9F2NS/c16-11-6-7-12(13(17)8-11)15-18-14(9-19-15)10-4-2-1-3-5-10/h1-9H. The quantitative estimate of drug-likeness (QED) is 0.656. The molecule has 0 saturated heterocycles. The number of benzene rings is 2. The summed E-state index contributed by atoms with van der Waals surface area (Å²) >= 11 is 1.34. The van der Waals surface area contributed by atoms with E-state index in [1.54, 1.807) is 0 Å². The van der Waals surface area contributed by atoms with E-state index in [4.69, 9.17) is 0 Å². The molecule has 0 fully saturated rings. The highest BCUT2D eigenvalue weighted by Gasteiger charge is 2.11. The molecule has 3 rings (SSSR count). The average molecular weight is 273 g/mol. The summed E-state index contributed by atoms with van der Waals surface area (Å²) in [5, 5.41) is 2.42. The van der Waals surface area contributed by atoms with Crippen molar-refractivity contribution in [3.63, 3.8) is 0 Å². The zero-order chi connectivity index (χ0) is 13.2. The molecule has 3 aromatic rings. The van der Waals surface area contributed by atoms with Crippen LogP contribution in [0.15, 0.2) is 53.9 Å². The molecule has 0 atom stereocenters. The minimum Gasteiger partial charge on any atom is -0.236 e. The Kier molecular flexibility index (Phi) is 3.09. The van der Waals surface area contributed by atoms with Crippen LogP contribution in [0.25, 0.3) is 21.8 Å². The number of hydrogen-bond acceptors (Lipinski definition) is 2. The van der Waals surface area contributed by atoms with Gasteiger partial charge in [-0.2, -0.15) is 0 Å². The second kappa shape index (κ2) is 4.90. The van der Waals surface area contributed by atoms with Crippen LogP contribution in [0, 0.1) is 11.6 Å². The van der Waals surface area contributed by atoms with E-state index in [1.165, 1.54) is 23.5 Å². The Morgan fingerprint density at radius 1 is 0.947 bits per heavy atom. The Morgan fingerprint density at radius 3 is 2.47 bits per heavy atom. The Balaban J connectivity index is 2.02. The van der Waals surface area contributed by atoms with Gasteiger partial charge in [0.1, 0.15) is 16.6 Å². The van der Waals surface area contributed by atoms with E-state index in [1.807, 2.05) is 35.7 Å². The number of rotatable bonds is 2. The lowest BCUT2D eigenvalue weighted by atomic mass is 10.2. The molecule has 0 bridgehead atoms. The minimum absolute atomic E-state index is 0.327. The van der Waals surface area contributed by atoms with Crippen molar-refractivity contribution in [2.24, 2.45) is 0 Å². The molecule has 1 heterocycles. The second-order valence-corrected chi connectivity index (χ2v) is 4.89. The maximum atomic E-state index is 13.7. The van der Waals surface area contributed by atoms with Gasteiger partial charge < -0.3 is 0 Å². The zero-order valence-electron chi connectivity index (χ0n) is 9.81. The van der Waals surface area contributed by atoms with E-state index in [9.17, 15) is 8.78 Å². The topological polar surface area (TPSA) is 12.9 Å².